The minimum Gasteiger partial charge on any atom is -0.341 e. The molecule has 9 heteroatoms. The largest absolute Gasteiger partial charge is 0.341 e. The van der Waals surface area contributed by atoms with Crippen molar-refractivity contribution in [2.45, 2.75) is 31.6 Å². The summed E-state index contributed by atoms with van der Waals surface area (Å²) in [6.45, 7) is 4.43. The first-order chi connectivity index (χ1) is 10.9. The summed E-state index contributed by atoms with van der Waals surface area (Å²) >= 11 is 13.2. The SMILES string of the molecule is CC(C)n1nnnc1SCC(=O)N(C)Cc1ccc(Cl)c(Cl)c1. The molecular formula is C14H17Cl2N5OS. The summed E-state index contributed by atoms with van der Waals surface area (Å²) in [4.78, 5) is 13.9. The average Bonchev–Trinajstić information content (AvgIpc) is 2.97. The summed E-state index contributed by atoms with van der Waals surface area (Å²) < 4.78 is 1.69. The molecular weight excluding hydrogens is 357 g/mol. The van der Waals surface area contributed by atoms with Crippen LogP contribution >= 0.6 is 35.0 Å². The van der Waals surface area contributed by atoms with Crippen LogP contribution in [-0.2, 0) is 11.3 Å². The van der Waals surface area contributed by atoms with E-state index in [0.29, 0.717) is 21.7 Å². The van der Waals surface area contributed by atoms with Gasteiger partial charge in [0.05, 0.1) is 21.8 Å². The molecule has 0 saturated heterocycles. The molecule has 0 saturated carbocycles. The van der Waals surface area contributed by atoms with Gasteiger partial charge in [-0.05, 0) is 42.0 Å². The number of nitrogens with zero attached hydrogens (tertiary/aromatic N) is 5. The highest BCUT2D eigenvalue weighted by molar-refractivity contribution is 7.99. The molecule has 1 heterocycles. The van der Waals surface area contributed by atoms with Gasteiger partial charge < -0.3 is 4.90 Å². The van der Waals surface area contributed by atoms with E-state index in [1.54, 1.807) is 28.8 Å². The fraction of sp³-hybridized carbons (Fsp3) is 0.429. The first-order valence-electron chi connectivity index (χ1n) is 6.97. The first-order valence-corrected chi connectivity index (χ1v) is 8.71. The van der Waals surface area contributed by atoms with Crippen LogP contribution in [0.15, 0.2) is 23.4 Å². The molecule has 0 aliphatic rings. The summed E-state index contributed by atoms with van der Waals surface area (Å²) in [5.74, 6) is 0.254. The Kier molecular flexibility index (Phi) is 6.26. The maximum absolute atomic E-state index is 12.2. The molecule has 1 aromatic carbocycles. The molecule has 0 atom stereocenters. The standard InChI is InChI=1S/C14H17Cl2N5OS/c1-9(2)21-14(17-18-19-21)23-8-13(22)20(3)7-10-4-5-11(15)12(16)6-10/h4-6,9H,7-8H2,1-3H3. The van der Waals surface area contributed by atoms with E-state index >= 15 is 0 Å². The van der Waals surface area contributed by atoms with Crippen molar-refractivity contribution < 1.29 is 4.79 Å². The van der Waals surface area contributed by atoms with Gasteiger partial charge in [0.25, 0.3) is 0 Å². The molecule has 1 aromatic heterocycles. The maximum atomic E-state index is 12.2. The predicted molar refractivity (Wildman–Crippen MR) is 91.9 cm³/mol. The van der Waals surface area contributed by atoms with E-state index in [2.05, 4.69) is 15.5 Å². The zero-order valence-corrected chi connectivity index (χ0v) is 15.4. The highest BCUT2D eigenvalue weighted by atomic mass is 35.5. The van der Waals surface area contributed by atoms with Crippen molar-refractivity contribution in [2.75, 3.05) is 12.8 Å². The van der Waals surface area contributed by atoms with Crippen LogP contribution in [0.5, 0.6) is 0 Å². The van der Waals surface area contributed by atoms with E-state index in [1.165, 1.54) is 11.8 Å². The highest BCUT2D eigenvalue weighted by Gasteiger charge is 2.15. The fourth-order valence-electron chi connectivity index (χ4n) is 1.84. The predicted octanol–water partition coefficient (Wildman–Crippen LogP) is 3.31. The van der Waals surface area contributed by atoms with Gasteiger partial charge in [-0.1, -0.05) is 41.0 Å². The molecule has 0 radical (unpaired) electrons. The number of hydrogen-bond donors (Lipinski definition) is 0. The normalized spacial score (nSPS) is 11.0. The van der Waals surface area contributed by atoms with Crippen molar-refractivity contribution >= 4 is 40.9 Å². The number of rotatable bonds is 6. The van der Waals surface area contributed by atoms with Crippen LogP contribution in [-0.4, -0.2) is 43.8 Å². The number of thioether (sulfide) groups is 1. The van der Waals surface area contributed by atoms with E-state index in [1.807, 2.05) is 19.9 Å². The minimum absolute atomic E-state index is 0.0145. The molecule has 0 bridgehead atoms. The molecule has 2 rings (SSSR count). The average molecular weight is 374 g/mol. The quantitative estimate of drug-likeness (QED) is 0.726. The van der Waals surface area contributed by atoms with Gasteiger partial charge >= 0.3 is 0 Å². The number of carbonyl (C=O) groups is 1. The van der Waals surface area contributed by atoms with Gasteiger partial charge in [-0.15, -0.1) is 5.10 Å². The van der Waals surface area contributed by atoms with Crippen LogP contribution < -0.4 is 0 Å². The molecule has 23 heavy (non-hydrogen) atoms. The van der Waals surface area contributed by atoms with Gasteiger partial charge in [0.15, 0.2) is 0 Å². The van der Waals surface area contributed by atoms with E-state index in [-0.39, 0.29) is 17.7 Å². The maximum Gasteiger partial charge on any atom is 0.233 e. The zero-order chi connectivity index (χ0) is 17.0. The molecule has 0 N–H and O–H groups in total. The van der Waals surface area contributed by atoms with Crippen LogP contribution in [0.4, 0.5) is 0 Å². The van der Waals surface area contributed by atoms with Gasteiger partial charge in [-0.3, -0.25) is 4.79 Å². The number of halogens is 2. The third kappa shape index (κ3) is 4.83. The number of amides is 1. The summed E-state index contributed by atoms with van der Waals surface area (Å²) in [5, 5.41) is 13.1. The third-order valence-electron chi connectivity index (χ3n) is 3.11. The Morgan fingerprint density at radius 3 is 2.74 bits per heavy atom. The lowest BCUT2D eigenvalue weighted by Gasteiger charge is -2.17. The minimum atomic E-state index is -0.0145. The fourth-order valence-corrected chi connectivity index (χ4v) is 3.11. The van der Waals surface area contributed by atoms with Crippen LogP contribution in [0.1, 0.15) is 25.5 Å². The van der Waals surface area contributed by atoms with Crippen LogP contribution in [0.3, 0.4) is 0 Å². The second-order valence-electron chi connectivity index (χ2n) is 5.29. The molecule has 2 aromatic rings. The number of benzene rings is 1. The lowest BCUT2D eigenvalue weighted by Crippen LogP contribution is -2.28. The van der Waals surface area contributed by atoms with Crippen molar-refractivity contribution in [3.63, 3.8) is 0 Å². The zero-order valence-electron chi connectivity index (χ0n) is 13.0. The van der Waals surface area contributed by atoms with Gasteiger partial charge in [0.1, 0.15) is 0 Å². The monoisotopic (exact) mass is 373 g/mol. The van der Waals surface area contributed by atoms with E-state index < -0.39 is 0 Å². The molecule has 0 aliphatic carbocycles. The van der Waals surface area contributed by atoms with Gasteiger partial charge in [0, 0.05) is 13.6 Å². The van der Waals surface area contributed by atoms with Crippen molar-refractivity contribution in [2.24, 2.45) is 0 Å². The highest BCUT2D eigenvalue weighted by Crippen LogP contribution is 2.23. The lowest BCUT2D eigenvalue weighted by molar-refractivity contribution is -0.127. The van der Waals surface area contributed by atoms with Crippen LogP contribution in [0.2, 0.25) is 10.0 Å². The Bertz CT molecular complexity index is 692. The topological polar surface area (TPSA) is 63.9 Å². The molecule has 6 nitrogen and oxygen atoms in total. The number of carbonyl (C=O) groups excluding carboxylic acids is 1. The van der Waals surface area contributed by atoms with Crippen molar-refractivity contribution in [1.82, 2.24) is 25.1 Å². The number of hydrogen-bond acceptors (Lipinski definition) is 5. The van der Waals surface area contributed by atoms with Crippen molar-refractivity contribution in [3.8, 4) is 0 Å². The number of tetrazole rings is 1. The van der Waals surface area contributed by atoms with Crippen molar-refractivity contribution in [3.05, 3.63) is 33.8 Å². The summed E-state index contributed by atoms with van der Waals surface area (Å²) in [5.41, 5.74) is 0.923. The Morgan fingerprint density at radius 2 is 2.09 bits per heavy atom. The summed E-state index contributed by atoms with van der Waals surface area (Å²) in [6, 6.07) is 5.49. The number of aromatic nitrogens is 4. The molecule has 0 unspecified atom stereocenters. The van der Waals surface area contributed by atoms with E-state index in [9.17, 15) is 4.79 Å². The molecule has 0 fully saturated rings. The van der Waals surface area contributed by atoms with Crippen LogP contribution in [0.25, 0.3) is 0 Å². The molecule has 1 amide bonds. The van der Waals surface area contributed by atoms with Gasteiger partial charge in [0.2, 0.25) is 11.1 Å². The second-order valence-corrected chi connectivity index (χ2v) is 7.04. The lowest BCUT2D eigenvalue weighted by atomic mass is 10.2. The van der Waals surface area contributed by atoms with E-state index in [0.717, 1.165) is 5.56 Å². The smallest absolute Gasteiger partial charge is 0.233 e. The van der Waals surface area contributed by atoms with Gasteiger partial charge in [-0.25, -0.2) is 4.68 Å². The molecule has 0 spiro atoms. The molecule has 124 valence electrons. The summed E-state index contributed by atoms with van der Waals surface area (Å²) in [6.07, 6.45) is 0. The van der Waals surface area contributed by atoms with Crippen molar-refractivity contribution in [1.29, 1.82) is 0 Å². The van der Waals surface area contributed by atoms with E-state index in [4.69, 9.17) is 23.2 Å². The Morgan fingerprint density at radius 1 is 1.35 bits per heavy atom. The Balaban J connectivity index is 1.92. The van der Waals surface area contributed by atoms with Crippen LogP contribution in [0, 0.1) is 0 Å². The Hall–Kier alpha value is -1.31. The summed E-state index contributed by atoms with van der Waals surface area (Å²) in [7, 11) is 1.75. The third-order valence-corrected chi connectivity index (χ3v) is 4.76. The Labute approximate surface area is 149 Å². The first kappa shape index (κ1) is 18.0. The second kappa shape index (κ2) is 7.99. The van der Waals surface area contributed by atoms with Gasteiger partial charge in [-0.2, -0.15) is 0 Å². The molecule has 0 aliphatic heterocycles.